The number of benzene rings is 1. The van der Waals surface area contributed by atoms with Gasteiger partial charge in [0.2, 0.25) is 5.91 Å². The van der Waals surface area contributed by atoms with Crippen molar-refractivity contribution in [3.8, 4) is 0 Å². The first-order chi connectivity index (χ1) is 11.4. The molecule has 130 valence electrons. The molecule has 0 radical (unpaired) electrons. The van der Waals surface area contributed by atoms with Crippen LogP contribution in [0, 0.1) is 0 Å². The number of carbonyl (C=O) groups excluding carboxylic acids is 1. The van der Waals surface area contributed by atoms with E-state index < -0.39 is 29.8 Å². The van der Waals surface area contributed by atoms with E-state index in [0.717, 1.165) is 9.80 Å². The highest BCUT2D eigenvalue weighted by atomic mass is 32.2. The van der Waals surface area contributed by atoms with Crippen molar-refractivity contribution in [2.45, 2.75) is 37.1 Å². The van der Waals surface area contributed by atoms with Crippen molar-refractivity contribution >= 4 is 29.6 Å². The number of likely N-dealkylation sites (N-methyl/N-ethyl adjacent to an activating group) is 1. The molecular formula is C17H21NO5S. The topological polar surface area (TPSA) is 94.9 Å². The van der Waals surface area contributed by atoms with Crippen molar-refractivity contribution < 1.29 is 24.6 Å². The van der Waals surface area contributed by atoms with Crippen LogP contribution in [0.15, 0.2) is 46.7 Å². The Morgan fingerprint density at radius 3 is 2.25 bits per heavy atom. The molecule has 0 aliphatic heterocycles. The lowest BCUT2D eigenvalue weighted by atomic mass is 9.89. The van der Waals surface area contributed by atoms with Gasteiger partial charge in [-0.2, -0.15) is 0 Å². The maximum Gasteiger partial charge on any atom is 0.330 e. The summed E-state index contributed by atoms with van der Waals surface area (Å²) in [6, 6.07) is 9.39. The van der Waals surface area contributed by atoms with Crippen LogP contribution in [0.2, 0.25) is 0 Å². The highest BCUT2D eigenvalue weighted by Crippen LogP contribution is 2.26. The van der Waals surface area contributed by atoms with E-state index in [2.05, 4.69) is 0 Å². The summed E-state index contributed by atoms with van der Waals surface area (Å²) in [6.07, 6.45) is 0.641. The molecule has 0 fully saturated rings. The van der Waals surface area contributed by atoms with Crippen molar-refractivity contribution in [1.29, 1.82) is 0 Å². The smallest absolute Gasteiger partial charge is 0.330 e. The Morgan fingerprint density at radius 1 is 1.17 bits per heavy atom. The van der Waals surface area contributed by atoms with Gasteiger partial charge >= 0.3 is 11.9 Å². The largest absolute Gasteiger partial charge is 0.481 e. The number of carboxylic acids is 2. The van der Waals surface area contributed by atoms with Crippen LogP contribution in [-0.4, -0.2) is 45.0 Å². The van der Waals surface area contributed by atoms with Gasteiger partial charge in [0.15, 0.2) is 5.54 Å². The van der Waals surface area contributed by atoms with Gasteiger partial charge in [0, 0.05) is 17.5 Å². The molecule has 24 heavy (non-hydrogen) atoms. The fourth-order valence-corrected chi connectivity index (χ4v) is 3.09. The predicted molar refractivity (Wildman–Crippen MR) is 91.7 cm³/mol. The van der Waals surface area contributed by atoms with Gasteiger partial charge in [0.25, 0.3) is 0 Å². The van der Waals surface area contributed by atoms with Crippen LogP contribution in [0.4, 0.5) is 0 Å². The quantitative estimate of drug-likeness (QED) is 0.525. The first-order valence-corrected chi connectivity index (χ1v) is 8.40. The van der Waals surface area contributed by atoms with Gasteiger partial charge in [-0.05, 0) is 30.9 Å². The van der Waals surface area contributed by atoms with Gasteiger partial charge in [-0.15, -0.1) is 0 Å². The normalized spacial score (nSPS) is 13.4. The van der Waals surface area contributed by atoms with Crippen molar-refractivity contribution in [1.82, 2.24) is 4.90 Å². The van der Waals surface area contributed by atoms with Gasteiger partial charge in [0.05, 0.1) is 6.42 Å². The Labute approximate surface area is 145 Å². The summed E-state index contributed by atoms with van der Waals surface area (Å²) in [4.78, 5) is 37.3. The van der Waals surface area contributed by atoms with E-state index in [4.69, 9.17) is 5.11 Å². The van der Waals surface area contributed by atoms with E-state index in [-0.39, 0.29) is 13.0 Å². The Bertz CT molecular complexity index is 617. The summed E-state index contributed by atoms with van der Waals surface area (Å²) in [5.74, 6) is -3.09. The van der Waals surface area contributed by atoms with E-state index >= 15 is 0 Å². The summed E-state index contributed by atoms with van der Waals surface area (Å²) < 4.78 is 0. The maximum atomic E-state index is 12.4. The highest BCUT2D eigenvalue weighted by molar-refractivity contribution is 8.02. The molecule has 0 spiro atoms. The zero-order valence-electron chi connectivity index (χ0n) is 13.6. The van der Waals surface area contributed by atoms with Crippen molar-refractivity contribution in [3.05, 3.63) is 41.8 Å². The molecule has 2 N–H and O–H groups in total. The summed E-state index contributed by atoms with van der Waals surface area (Å²) >= 11 is 1.33. The van der Waals surface area contributed by atoms with Crippen LogP contribution < -0.4 is 0 Å². The number of hydrogen-bond acceptors (Lipinski definition) is 4. The second-order valence-corrected chi connectivity index (χ2v) is 6.06. The van der Waals surface area contributed by atoms with Crippen molar-refractivity contribution in [2.75, 3.05) is 6.54 Å². The standard InChI is InChI=1S/C17H21NO5S/c1-3-17(16(22)23,12-15(20)21)18(4-2)14(19)10-11-24-13-8-6-5-7-9-13/h5-11H,3-4,12H2,1-2H3,(H,20,21)(H,22,23)/t17-/m1/s1. The molecule has 0 unspecified atom stereocenters. The lowest BCUT2D eigenvalue weighted by molar-refractivity contribution is -0.163. The molecule has 1 amide bonds. The van der Waals surface area contributed by atoms with Gasteiger partial charge in [-0.25, -0.2) is 4.79 Å². The van der Waals surface area contributed by atoms with Gasteiger partial charge in [-0.3, -0.25) is 9.59 Å². The van der Waals surface area contributed by atoms with Crippen LogP contribution in [0.25, 0.3) is 0 Å². The molecule has 0 aromatic heterocycles. The minimum absolute atomic E-state index is 0.00782. The third-order valence-corrected chi connectivity index (χ3v) is 4.50. The zero-order valence-corrected chi connectivity index (χ0v) is 14.5. The lowest BCUT2D eigenvalue weighted by Gasteiger charge is -2.38. The number of thioether (sulfide) groups is 1. The molecule has 1 atom stereocenters. The molecule has 1 aromatic rings. The van der Waals surface area contributed by atoms with E-state index in [1.165, 1.54) is 17.8 Å². The molecule has 6 nitrogen and oxygen atoms in total. The molecule has 0 saturated heterocycles. The number of nitrogens with zero attached hydrogens (tertiary/aromatic N) is 1. The van der Waals surface area contributed by atoms with E-state index in [1.54, 1.807) is 19.3 Å². The maximum absolute atomic E-state index is 12.4. The zero-order chi connectivity index (χ0) is 18.2. The second kappa shape index (κ2) is 9.12. The first kappa shape index (κ1) is 19.8. The van der Waals surface area contributed by atoms with Crippen molar-refractivity contribution in [3.63, 3.8) is 0 Å². The molecule has 1 rings (SSSR count). The summed E-state index contributed by atoms with van der Waals surface area (Å²) in [7, 11) is 0. The van der Waals surface area contributed by atoms with E-state index in [0.29, 0.717) is 0 Å². The fourth-order valence-electron chi connectivity index (χ4n) is 2.43. The Kier molecular flexibility index (Phi) is 7.51. The molecule has 7 heteroatoms. The number of carboxylic acid groups (broad SMARTS) is 2. The Hall–Kier alpha value is -2.28. The SMILES string of the molecule is CCN(C(=O)C=CSc1ccccc1)[C@](CC)(CC(=O)O)C(=O)O. The van der Waals surface area contributed by atoms with Gasteiger partial charge in [-0.1, -0.05) is 36.9 Å². The monoisotopic (exact) mass is 351 g/mol. The number of aliphatic carboxylic acids is 2. The lowest BCUT2D eigenvalue weighted by Crippen LogP contribution is -2.57. The average Bonchev–Trinajstić information content (AvgIpc) is 2.54. The second-order valence-electron chi connectivity index (χ2n) is 5.08. The minimum Gasteiger partial charge on any atom is -0.481 e. The van der Waals surface area contributed by atoms with Gasteiger partial charge < -0.3 is 15.1 Å². The number of rotatable bonds is 9. The average molecular weight is 351 g/mol. The number of hydrogen-bond donors (Lipinski definition) is 2. The minimum atomic E-state index is -1.75. The van der Waals surface area contributed by atoms with E-state index in [9.17, 15) is 19.5 Å². The third-order valence-electron chi connectivity index (χ3n) is 3.68. The van der Waals surface area contributed by atoms with Crippen LogP contribution in [0.5, 0.6) is 0 Å². The fraction of sp³-hybridized carbons (Fsp3) is 0.353. The van der Waals surface area contributed by atoms with Crippen molar-refractivity contribution in [2.24, 2.45) is 0 Å². The molecule has 0 aliphatic rings. The molecule has 1 aromatic carbocycles. The first-order valence-electron chi connectivity index (χ1n) is 7.52. The third kappa shape index (κ3) is 4.86. The van der Waals surface area contributed by atoms with E-state index in [1.807, 2.05) is 30.3 Å². The molecule has 0 bridgehead atoms. The van der Waals surface area contributed by atoms with Crippen LogP contribution in [0.3, 0.4) is 0 Å². The van der Waals surface area contributed by atoms with Gasteiger partial charge in [0.1, 0.15) is 0 Å². The molecular weight excluding hydrogens is 330 g/mol. The summed E-state index contributed by atoms with van der Waals surface area (Å²) in [5, 5.41) is 20.2. The van der Waals surface area contributed by atoms with Crippen LogP contribution >= 0.6 is 11.8 Å². The number of amides is 1. The Balaban J connectivity index is 2.97. The summed E-state index contributed by atoms with van der Waals surface area (Å²) in [5.41, 5.74) is -1.75. The number of carbonyl (C=O) groups is 3. The Morgan fingerprint density at radius 2 is 1.79 bits per heavy atom. The van der Waals surface area contributed by atoms with Crippen LogP contribution in [-0.2, 0) is 14.4 Å². The molecule has 0 aliphatic carbocycles. The predicted octanol–water partition coefficient (Wildman–Crippen LogP) is 2.85. The molecule has 0 heterocycles. The summed E-state index contributed by atoms with van der Waals surface area (Å²) in [6.45, 7) is 3.30. The molecule has 0 saturated carbocycles. The van der Waals surface area contributed by atoms with Crippen LogP contribution in [0.1, 0.15) is 26.7 Å². The highest BCUT2D eigenvalue weighted by Gasteiger charge is 2.45.